The van der Waals surface area contributed by atoms with Crippen molar-refractivity contribution in [2.45, 2.75) is 44.2 Å². The predicted octanol–water partition coefficient (Wildman–Crippen LogP) is 0.0432. The zero-order valence-corrected chi connectivity index (χ0v) is 12.7. The Kier molecular flexibility index (Phi) is 6.23. The molecule has 2 aliphatic rings. The van der Waals surface area contributed by atoms with Gasteiger partial charge in [-0.3, -0.25) is 9.59 Å². The van der Waals surface area contributed by atoms with Crippen LogP contribution in [0.1, 0.15) is 32.6 Å². The molecule has 2 rings (SSSR count). The van der Waals surface area contributed by atoms with Gasteiger partial charge in [0.1, 0.15) is 0 Å². The molecule has 1 unspecified atom stereocenters. The van der Waals surface area contributed by atoms with E-state index in [1.807, 2.05) is 0 Å². The van der Waals surface area contributed by atoms with Crippen molar-refractivity contribution < 1.29 is 14.3 Å². The van der Waals surface area contributed by atoms with Crippen LogP contribution in [0.25, 0.3) is 0 Å². The van der Waals surface area contributed by atoms with Gasteiger partial charge in [-0.1, -0.05) is 12.8 Å². The van der Waals surface area contributed by atoms with Gasteiger partial charge in [0.05, 0.1) is 18.2 Å². The Morgan fingerprint density at radius 1 is 1.40 bits per heavy atom. The lowest BCUT2D eigenvalue weighted by Crippen LogP contribution is -2.58. The maximum Gasteiger partial charge on any atom is 0.242 e. The quantitative estimate of drug-likeness (QED) is 0.771. The maximum absolute atomic E-state index is 12.5. The Morgan fingerprint density at radius 3 is 2.65 bits per heavy atom. The Bertz CT molecular complexity index is 359. The van der Waals surface area contributed by atoms with E-state index in [1.165, 1.54) is 6.92 Å². The van der Waals surface area contributed by atoms with Gasteiger partial charge in [-0.15, -0.1) is 12.4 Å². The number of nitrogens with two attached hydrogens (primary N) is 1. The van der Waals surface area contributed by atoms with Gasteiger partial charge in [-0.2, -0.15) is 0 Å². The van der Waals surface area contributed by atoms with Crippen LogP contribution >= 0.6 is 12.4 Å². The second-order valence-corrected chi connectivity index (χ2v) is 5.54. The summed E-state index contributed by atoms with van der Waals surface area (Å²) in [6, 6.07) is 0. The average Bonchev–Trinajstić information content (AvgIpc) is 2.84. The van der Waals surface area contributed by atoms with Gasteiger partial charge in [-0.25, -0.2) is 0 Å². The van der Waals surface area contributed by atoms with E-state index in [0.29, 0.717) is 26.2 Å². The average molecular weight is 306 g/mol. The van der Waals surface area contributed by atoms with Crippen LogP contribution in [-0.4, -0.2) is 54.6 Å². The highest BCUT2D eigenvalue weighted by molar-refractivity contribution is 5.86. The summed E-state index contributed by atoms with van der Waals surface area (Å²) < 4.78 is 5.55. The number of halogens is 1. The number of nitrogens with one attached hydrogen (secondary N) is 1. The highest BCUT2D eigenvalue weighted by Gasteiger charge is 2.41. The third kappa shape index (κ3) is 4.07. The van der Waals surface area contributed by atoms with E-state index in [4.69, 9.17) is 10.5 Å². The molecule has 2 fully saturated rings. The summed E-state index contributed by atoms with van der Waals surface area (Å²) in [4.78, 5) is 25.2. The monoisotopic (exact) mass is 305 g/mol. The van der Waals surface area contributed by atoms with E-state index < -0.39 is 5.54 Å². The van der Waals surface area contributed by atoms with E-state index in [1.54, 1.807) is 4.90 Å². The van der Waals surface area contributed by atoms with Crippen LogP contribution in [0.3, 0.4) is 0 Å². The highest BCUT2D eigenvalue weighted by Crippen LogP contribution is 2.29. The first-order valence-electron chi connectivity index (χ1n) is 6.95. The molecule has 20 heavy (non-hydrogen) atoms. The molecule has 116 valence electrons. The molecular formula is C13H24ClN3O3. The van der Waals surface area contributed by atoms with Gasteiger partial charge in [-0.05, 0) is 12.8 Å². The first-order chi connectivity index (χ1) is 9.01. The van der Waals surface area contributed by atoms with Gasteiger partial charge in [0, 0.05) is 26.6 Å². The number of nitrogens with zero attached hydrogens (tertiary/aromatic N) is 1. The van der Waals surface area contributed by atoms with Gasteiger partial charge >= 0.3 is 0 Å². The van der Waals surface area contributed by atoms with E-state index in [2.05, 4.69) is 5.32 Å². The molecule has 1 aliphatic heterocycles. The molecule has 0 radical (unpaired) electrons. The fourth-order valence-electron chi connectivity index (χ4n) is 2.82. The first-order valence-corrected chi connectivity index (χ1v) is 6.95. The summed E-state index contributed by atoms with van der Waals surface area (Å²) in [7, 11) is 0. The topological polar surface area (TPSA) is 84.7 Å². The fourth-order valence-corrected chi connectivity index (χ4v) is 2.82. The molecule has 0 bridgehead atoms. The van der Waals surface area contributed by atoms with Crippen LogP contribution in [-0.2, 0) is 14.3 Å². The van der Waals surface area contributed by atoms with Crippen LogP contribution in [0.5, 0.6) is 0 Å². The molecule has 3 N–H and O–H groups in total. The molecule has 1 saturated heterocycles. The van der Waals surface area contributed by atoms with E-state index in [-0.39, 0.29) is 30.3 Å². The van der Waals surface area contributed by atoms with Gasteiger partial charge in [0.15, 0.2) is 0 Å². The SMILES string of the molecule is CC(=O)NCC1CN(C(=O)C2(N)CCCC2)CCO1.Cl. The molecule has 0 aromatic carbocycles. The second kappa shape index (κ2) is 7.24. The smallest absolute Gasteiger partial charge is 0.242 e. The summed E-state index contributed by atoms with van der Waals surface area (Å²) in [5.41, 5.74) is 5.53. The van der Waals surface area contributed by atoms with Crippen molar-refractivity contribution in [3.05, 3.63) is 0 Å². The van der Waals surface area contributed by atoms with Crippen LogP contribution in [0.15, 0.2) is 0 Å². The van der Waals surface area contributed by atoms with Gasteiger partial charge in [0.25, 0.3) is 0 Å². The standard InChI is InChI=1S/C13H23N3O3.ClH/c1-10(17)15-8-11-9-16(6-7-19-11)12(18)13(14)4-2-3-5-13;/h11H,2-9,14H2,1H3,(H,15,17);1H. The zero-order chi connectivity index (χ0) is 13.9. The minimum absolute atomic E-state index is 0. The molecule has 1 saturated carbocycles. The van der Waals surface area contributed by atoms with Crippen molar-refractivity contribution in [1.82, 2.24) is 10.2 Å². The van der Waals surface area contributed by atoms with Crippen LogP contribution in [0, 0.1) is 0 Å². The molecule has 0 aromatic rings. The van der Waals surface area contributed by atoms with E-state index >= 15 is 0 Å². The highest BCUT2D eigenvalue weighted by atomic mass is 35.5. The largest absolute Gasteiger partial charge is 0.373 e. The van der Waals surface area contributed by atoms with Crippen molar-refractivity contribution in [2.75, 3.05) is 26.2 Å². The van der Waals surface area contributed by atoms with E-state index in [9.17, 15) is 9.59 Å². The molecule has 2 amide bonds. The number of hydrogen-bond acceptors (Lipinski definition) is 4. The summed E-state index contributed by atoms with van der Waals surface area (Å²) in [6.07, 6.45) is 3.48. The van der Waals surface area contributed by atoms with Crippen molar-refractivity contribution in [3.63, 3.8) is 0 Å². The molecule has 0 aromatic heterocycles. The molecule has 7 heteroatoms. The van der Waals surface area contributed by atoms with Crippen molar-refractivity contribution in [2.24, 2.45) is 5.73 Å². The van der Waals surface area contributed by atoms with E-state index in [0.717, 1.165) is 25.7 Å². The molecular weight excluding hydrogens is 282 g/mol. The number of carbonyl (C=O) groups is 2. The lowest BCUT2D eigenvalue weighted by atomic mass is 9.96. The predicted molar refractivity (Wildman–Crippen MR) is 77.6 cm³/mol. The minimum Gasteiger partial charge on any atom is -0.373 e. The minimum atomic E-state index is -0.671. The van der Waals surface area contributed by atoms with Crippen LogP contribution in [0.2, 0.25) is 0 Å². The van der Waals surface area contributed by atoms with Gasteiger partial charge in [0.2, 0.25) is 11.8 Å². The third-order valence-corrected chi connectivity index (χ3v) is 3.93. The summed E-state index contributed by atoms with van der Waals surface area (Å²) in [6.45, 7) is 3.52. The third-order valence-electron chi connectivity index (χ3n) is 3.93. The van der Waals surface area contributed by atoms with Crippen LogP contribution < -0.4 is 11.1 Å². The number of ether oxygens (including phenoxy) is 1. The zero-order valence-electron chi connectivity index (χ0n) is 11.9. The fraction of sp³-hybridized carbons (Fsp3) is 0.846. The number of morpholine rings is 1. The second-order valence-electron chi connectivity index (χ2n) is 5.54. The summed E-state index contributed by atoms with van der Waals surface area (Å²) >= 11 is 0. The molecule has 1 aliphatic carbocycles. The Balaban J connectivity index is 0.00000200. The maximum atomic E-state index is 12.5. The van der Waals surface area contributed by atoms with Crippen molar-refractivity contribution >= 4 is 24.2 Å². The molecule has 1 heterocycles. The number of rotatable bonds is 3. The number of hydrogen-bond donors (Lipinski definition) is 2. The Morgan fingerprint density at radius 2 is 2.05 bits per heavy atom. The molecule has 6 nitrogen and oxygen atoms in total. The summed E-state index contributed by atoms with van der Waals surface area (Å²) in [5.74, 6) is -0.0423. The Hall–Kier alpha value is -0.850. The summed E-state index contributed by atoms with van der Waals surface area (Å²) in [5, 5.41) is 2.72. The lowest BCUT2D eigenvalue weighted by molar-refractivity contribution is -0.144. The van der Waals surface area contributed by atoms with Gasteiger partial charge < -0.3 is 20.7 Å². The molecule has 1 atom stereocenters. The molecule has 0 spiro atoms. The van der Waals surface area contributed by atoms with Crippen LogP contribution in [0.4, 0.5) is 0 Å². The van der Waals surface area contributed by atoms with Crippen molar-refractivity contribution in [1.29, 1.82) is 0 Å². The first kappa shape index (κ1) is 17.2. The number of carbonyl (C=O) groups excluding carboxylic acids is 2. The Labute approximate surface area is 125 Å². The normalized spacial score (nSPS) is 24.9. The van der Waals surface area contributed by atoms with Crippen molar-refractivity contribution in [3.8, 4) is 0 Å². The number of amides is 2. The lowest BCUT2D eigenvalue weighted by Gasteiger charge is -2.37.